The van der Waals surface area contributed by atoms with E-state index in [2.05, 4.69) is 15.2 Å². The Hall–Kier alpha value is -2.57. The molecular formula is C14H16N4O3. The summed E-state index contributed by atoms with van der Waals surface area (Å²) in [6.45, 7) is 0.692. The van der Waals surface area contributed by atoms with Crippen molar-refractivity contribution in [2.24, 2.45) is 0 Å². The van der Waals surface area contributed by atoms with Crippen molar-refractivity contribution in [3.63, 3.8) is 0 Å². The Morgan fingerprint density at radius 1 is 1.38 bits per heavy atom. The molecule has 0 bridgehead atoms. The van der Waals surface area contributed by atoms with E-state index in [1.807, 2.05) is 18.2 Å². The van der Waals surface area contributed by atoms with E-state index in [1.54, 1.807) is 11.9 Å². The van der Waals surface area contributed by atoms with Gasteiger partial charge in [-0.2, -0.15) is 5.10 Å². The number of benzene rings is 1. The van der Waals surface area contributed by atoms with Crippen LogP contribution in [0.25, 0.3) is 0 Å². The van der Waals surface area contributed by atoms with Gasteiger partial charge in [-0.25, -0.2) is 4.98 Å². The summed E-state index contributed by atoms with van der Waals surface area (Å²) in [5, 5.41) is 6.50. The number of nitrogens with zero attached hydrogens (tertiary/aromatic N) is 3. The molecule has 1 aromatic carbocycles. The molecule has 0 aliphatic carbocycles. The fourth-order valence-electron chi connectivity index (χ4n) is 2.16. The number of hydrogen-bond donors (Lipinski definition) is 1. The number of aryl methyl sites for hydroxylation is 1. The van der Waals surface area contributed by atoms with Crippen molar-refractivity contribution in [2.75, 3.05) is 13.8 Å². The van der Waals surface area contributed by atoms with Gasteiger partial charge in [-0.15, -0.1) is 0 Å². The van der Waals surface area contributed by atoms with E-state index in [-0.39, 0.29) is 12.7 Å². The first-order valence-electron chi connectivity index (χ1n) is 6.69. The van der Waals surface area contributed by atoms with Crippen LogP contribution in [0.4, 0.5) is 0 Å². The molecule has 0 fully saturated rings. The summed E-state index contributed by atoms with van der Waals surface area (Å²) in [7, 11) is 1.75. The largest absolute Gasteiger partial charge is 0.454 e. The Kier molecular flexibility index (Phi) is 3.72. The topological polar surface area (TPSA) is 80.3 Å². The number of aromatic amines is 1. The smallest absolute Gasteiger partial charge is 0.231 e. The molecule has 21 heavy (non-hydrogen) atoms. The normalized spacial score (nSPS) is 12.4. The minimum atomic E-state index is 0.0593. The molecule has 0 atom stereocenters. The molecule has 2 heterocycles. The zero-order valence-electron chi connectivity index (χ0n) is 11.7. The maximum Gasteiger partial charge on any atom is 0.231 e. The second-order valence-corrected chi connectivity index (χ2v) is 4.87. The van der Waals surface area contributed by atoms with E-state index in [9.17, 15) is 4.79 Å². The van der Waals surface area contributed by atoms with Gasteiger partial charge in [-0.05, 0) is 24.1 Å². The van der Waals surface area contributed by atoms with Gasteiger partial charge in [0.1, 0.15) is 12.2 Å². The molecule has 0 saturated heterocycles. The summed E-state index contributed by atoms with van der Waals surface area (Å²) >= 11 is 0. The second kappa shape index (κ2) is 5.82. The van der Waals surface area contributed by atoms with Gasteiger partial charge in [0.2, 0.25) is 12.7 Å². The number of carbonyl (C=O) groups is 1. The highest BCUT2D eigenvalue weighted by molar-refractivity contribution is 5.76. The van der Waals surface area contributed by atoms with Gasteiger partial charge in [0, 0.05) is 13.5 Å². The van der Waals surface area contributed by atoms with Crippen molar-refractivity contribution < 1.29 is 14.3 Å². The van der Waals surface area contributed by atoms with Crippen LogP contribution in [0.5, 0.6) is 11.5 Å². The third-order valence-corrected chi connectivity index (χ3v) is 3.34. The van der Waals surface area contributed by atoms with Gasteiger partial charge in [0.25, 0.3) is 0 Å². The van der Waals surface area contributed by atoms with Gasteiger partial charge in [0.15, 0.2) is 11.5 Å². The van der Waals surface area contributed by atoms with Crippen LogP contribution in [0.1, 0.15) is 17.8 Å². The SMILES string of the molecule is CN(Cc1ncn[nH]1)C(=O)CCc1ccc2c(c1)OCO2. The molecule has 3 rings (SSSR count). The molecule has 7 heteroatoms. The predicted octanol–water partition coefficient (Wildman–Crippen LogP) is 1.12. The summed E-state index contributed by atoms with van der Waals surface area (Å²) in [5.74, 6) is 2.24. The maximum atomic E-state index is 12.1. The van der Waals surface area contributed by atoms with Crippen LogP contribution < -0.4 is 9.47 Å². The first-order valence-corrected chi connectivity index (χ1v) is 6.69. The third-order valence-electron chi connectivity index (χ3n) is 3.34. The molecule has 1 aliphatic heterocycles. The minimum absolute atomic E-state index is 0.0593. The molecule has 0 spiro atoms. The van der Waals surface area contributed by atoms with Crippen molar-refractivity contribution in [1.29, 1.82) is 0 Å². The van der Waals surface area contributed by atoms with Crippen LogP contribution in [0.15, 0.2) is 24.5 Å². The molecule has 0 unspecified atom stereocenters. The van der Waals surface area contributed by atoms with E-state index < -0.39 is 0 Å². The minimum Gasteiger partial charge on any atom is -0.454 e. The Morgan fingerprint density at radius 3 is 3.05 bits per heavy atom. The Balaban J connectivity index is 1.53. The molecule has 7 nitrogen and oxygen atoms in total. The molecule has 2 aromatic rings. The third kappa shape index (κ3) is 3.13. The number of ether oxygens (including phenoxy) is 2. The zero-order valence-corrected chi connectivity index (χ0v) is 11.7. The fraction of sp³-hybridized carbons (Fsp3) is 0.357. The van der Waals surface area contributed by atoms with E-state index in [0.717, 1.165) is 17.1 Å². The number of aromatic nitrogens is 3. The van der Waals surface area contributed by atoms with Gasteiger partial charge in [0.05, 0.1) is 6.54 Å². The molecule has 1 aliphatic rings. The van der Waals surface area contributed by atoms with Gasteiger partial charge in [-0.1, -0.05) is 6.07 Å². The lowest BCUT2D eigenvalue weighted by Crippen LogP contribution is -2.26. The summed E-state index contributed by atoms with van der Waals surface area (Å²) in [6, 6.07) is 5.75. The summed E-state index contributed by atoms with van der Waals surface area (Å²) in [5.41, 5.74) is 1.06. The lowest BCUT2D eigenvalue weighted by molar-refractivity contribution is -0.130. The second-order valence-electron chi connectivity index (χ2n) is 4.87. The van der Waals surface area contributed by atoms with E-state index in [0.29, 0.717) is 25.2 Å². The van der Waals surface area contributed by atoms with Crippen LogP contribution in [-0.4, -0.2) is 39.8 Å². The van der Waals surface area contributed by atoms with E-state index >= 15 is 0 Å². The highest BCUT2D eigenvalue weighted by Crippen LogP contribution is 2.32. The summed E-state index contributed by atoms with van der Waals surface area (Å²) in [6.07, 6.45) is 2.53. The van der Waals surface area contributed by atoms with Crippen LogP contribution in [-0.2, 0) is 17.8 Å². The Labute approximate surface area is 121 Å². The van der Waals surface area contributed by atoms with Crippen LogP contribution >= 0.6 is 0 Å². The average molecular weight is 288 g/mol. The quantitative estimate of drug-likeness (QED) is 0.892. The number of carbonyl (C=O) groups excluding carboxylic acids is 1. The fourth-order valence-corrected chi connectivity index (χ4v) is 2.16. The summed E-state index contributed by atoms with van der Waals surface area (Å²) in [4.78, 5) is 17.7. The molecular weight excluding hydrogens is 272 g/mol. The van der Waals surface area contributed by atoms with E-state index in [1.165, 1.54) is 6.33 Å². The lowest BCUT2D eigenvalue weighted by Gasteiger charge is -2.15. The van der Waals surface area contributed by atoms with Crippen molar-refractivity contribution in [2.45, 2.75) is 19.4 Å². The number of rotatable bonds is 5. The number of amides is 1. The number of H-pyrrole nitrogens is 1. The lowest BCUT2D eigenvalue weighted by atomic mass is 10.1. The average Bonchev–Trinajstić information content (AvgIpc) is 3.14. The molecule has 1 N–H and O–H groups in total. The molecule has 1 amide bonds. The highest BCUT2D eigenvalue weighted by Gasteiger charge is 2.15. The zero-order chi connectivity index (χ0) is 14.7. The maximum absolute atomic E-state index is 12.1. The Bertz CT molecular complexity index is 627. The predicted molar refractivity (Wildman–Crippen MR) is 73.7 cm³/mol. The monoisotopic (exact) mass is 288 g/mol. The van der Waals surface area contributed by atoms with Crippen LogP contribution in [0.2, 0.25) is 0 Å². The molecule has 1 aromatic heterocycles. The standard InChI is InChI=1S/C14H16N4O3/c1-18(7-13-15-8-16-17-13)14(19)5-3-10-2-4-11-12(6-10)21-9-20-11/h2,4,6,8H,3,5,7,9H2,1H3,(H,15,16,17). The van der Waals surface area contributed by atoms with Crippen molar-refractivity contribution in [1.82, 2.24) is 20.1 Å². The van der Waals surface area contributed by atoms with Gasteiger partial charge >= 0.3 is 0 Å². The first-order chi connectivity index (χ1) is 10.2. The molecule has 0 saturated carbocycles. The number of fused-ring (bicyclic) bond motifs is 1. The highest BCUT2D eigenvalue weighted by atomic mass is 16.7. The van der Waals surface area contributed by atoms with Crippen LogP contribution in [0, 0.1) is 0 Å². The summed E-state index contributed by atoms with van der Waals surface area (Å²) < 4.78 is 10.6. The number of nitrogens with one attached hydrogen (secondary N) is 1. The van der Waals surface area contributed by atoms with Gasteiger partial charge in [-0.3, -0.25) is 9.89 Å². The van der Waals surface area contributed by atoms with Gasteiger partial charge < -0.3 is 14.4 Å². The Morgan fingerprint density at radius 2 is 2.24 bits per heavy atom. The number of hydrogen-bond acceptors (Lipinski definition) is 5. The van der Waals surface area contributed by atoms with Crippen molar-refractivity contribution in [3.05, 3.63) is 35.9 Å². The first kappa shape index (κ1) is 13.4. The molecule has 110 valence electrons. The molecule has 0 radical (unpaired) electrons. The van der Waals surface area contributed by atoms with Crippen molar-refractivity contribution in [3.8, 4) is 11.5 Å². The van der Waals surface area contributed by atoms with Crippen LogP contribution in [0.3, 0.4) is 0 Å². The van der Waals surface area contributed by atoms with E-state index in [4.69, 9.17) is 9.47 Å². The van der Waals surface area contributed by atoms with Crippen molar-refractivity contribution >= 4 is 5.91 Å².